The second-order valence-electron chi connectivity index (χ2n) is 5.77. The number of nitrogens with one attached hydrogen (secondary N) is 2. The molecule has 2 unspecified atom stereocenters. The average molecular weight is 305 g/mol. The number of amides is 1. The van der Waals surface area contributed by atoms with Gasteiger partial charge in [-0.25, -0.2) is 0 Å². The molecule has 1 amide bonds. The van der Waals surface area contributed by atoms with E-state index in [4.69, 9.17) is 4.74 Å². The molecule has 2 aliphatic rings. The summed E-state index contributed by atoms with van der Waals surface area (Å²) in [6.45, 7) is 4.56. The maximum absolute atomic E-state index is 11.9. The fraction of sp³-hybridized carbons (Fsp3) is 0.933. The molecular weight excluding hydrogens is 276 g/mol. The predicted molar refractivity (Wildman–Crippen MR) is 83.3 cm³/mol. The zero-order valence-corrected chi connectivity index (χ0v) is 13.3. The minimum absolute atomic E-state index is 0. The van der Waals surface area contributed by atoms with Crippen molar-refractivity contribution in [3.63, 3.8) is 0 Å². The monoisotopic (exact) mass is 304 g/mol. The van der Waals surface area contributed by atoms with E-state index in [1.165, 1.54) is 25.7 Å². The normalized spacial score (nSPS) is 24.4. The van der Waals surface area contributed by atoms with Gasteiger partial charge in [-0.3, -0.25) is 4.79 Å². The van der Waals surface area contributed by atoms with E-state index in [0.717, 1.165) is 39.0 Å². The van der Waals surface area contributed by atoms with Crippen LogP contribution in [-0.4, -0.2) is 37.7 Å². The van der Waals surface area contributed by atoms with Gasteiger partial charge < -0.3 is 15.4 Å². The summed E-state index contributed by atoms with van der Waals surface area (Å²) in [6, 6.07) is 0.0389. The van der Waals surface area contributed by atoms with Crippen LogP contribution in [0.4, 0.5) is 0 Å². The Balaban J connectivity index is 0.00000200. The summed E-state index contributed by atoms with van der Waals surface area (Å²) < 4.78 is 5.87. The molecular formula is C15H29ClN2O2. The van der Waals surface area contributed by atoms with Crippen molar-refractivity contribution in [1.82, 2.24) is 10.6 Å². The highest BCUT2D eigenvalue weighted by Gasteiger charge is 2.26. The molecule has 1 aliphatic heterocycles. The fourth-order valence-corrected chi connectivity index (χ4v) is 3.37. The zero-order chi connectivity index (χ0) is 13.5. The number of carbonyl (C=O) groups excluding carboxylic acids is 1. The lowest BCUT2D eigenvalue weighted by molar-refractivity contribution is -0.122. The molecule has 4 nitrogen and oxygen atoms in total. The van der Waals surface area contributed by atoms with Crippen molar-refractivity contribution in [2.45, 2.75) is 64.0 Å². The third kappa shape index (κ3) is 5.23. The van der Waals surface area contributed by atoms with Crippen molar-refractivity contribution in [2.75, 3.05) is 19.7 Å². The van der Waals surface area contributed by atoms with Gasteiger partial charge in [0.05, 0.1) is 12.1 Å². The topological polar surface area (TPSA) is 50.4 Å². The van der Waals surface area contributed by atoms with Gasteiger partial charge in [0, 0.05) is 13.2 Å². The molecule has 0 aromatic rings. The van der Waals surface area contributed by atoms with Gasteiger partial charge in [0.2, 0.25) is 5.91 Å². The zero-order valence-electron chi connectivity index (χ0n) is 12.5. The molecule has 118 valence electrons. The quantitative estimate of drug-likeness (QED) is 0.758. The van der Waals surface area contributed by atoms with Crippen molar-refractivity contribution in [3.05, 3.63) is 0 Å². The highest BCUT2D eigenvalue weighted by molar-refractivity contribution is 5.85. The number of hydrogen-bond acceptors (Lipinski definition) is 3. The van der Waals surface area contributed by atoms with Crippen LogP contribution in [-0.2, 0) is 9.53 Å². The number of carbonyl (C=O) groups is 1. The van der Waals surface area contributed by atoms with Gasteiger partial charge in [-0.15, -0.1) is 12.4 Å². The van der Waals surface area contributed by atoms with Gasteiger partial charge in [-0.2, -0.15) is 0 Å². The molecule has 0 bridgehead atoms. The molecule has 2 N–H and O–H groups in total. The maximum Gasteiger partial charge on any atom is 0.237 e. The molecule has 1 saturated carbocycles. The molecule has 1 saturated heterocycles. The van der Waals surface area contributed by atoms with E-state index in [-0.39, 0.29) is 24.4 Å². The Morgan fingerprint density at radius 3 is 2.65 bits per heavy atom. The van der Waals surface area contributed by atoms with Crippen LogP contribution in [0.2, 0.25) is 0 Å². The third-order valence-corrected chi connectivity index (χ3v) is 4.41. The first-order chi connectivity index (χ1) is 9.31. The number of halogens is 1. The van der Waals surface area contributed by atoms with Crippen LogP contribution >= 0.6 is 12.4 Å². The highest BCUT2D eigenvalue weighted by Crippen LogP contribution is 2.30. The Labute approximate surface area is 128 Å². The van der Waals surface area contributed by atoms with Crippen molar-refractivity contribution in [2.24, 2.45) is 5.92 Å². The van der Waals surface area contributed by atoms with E-state index in [1.807, 2.05) is 0 Å². The molecule has 2 atom stereocenters. The smallest absolute Gasteiger partial charge is 0.237 e. The van der Waals surface area contributed by atoms with Crippen LogP contribution < -0.4 is 10.6 Å². The summed E-state index contributed by atoms with van der Waals surface area (Å²) >= 11 is 0. The molecule has 2 fully saturated rings. The Kier molecular flexibility index (Phi) is 8.50. The fourth-order valence-electron chi connectivity index (χ4n) is 3.37. The standard InChI is InChI=1S/C15H28N2O2.ClH/c1-2-19-14(12-6-3-4-7-12)9-11-17-15(18)13-8-5-10-16-13;/h12-14,16H,2-11H2,1H3,(H,17,18);1H. The molecule has 0 radical (unpaired) electrons. The van der Waals surface area contributed by atoms with Crippen LogP contribution in [0.3, 0.4) is 0 Å². The summed E-state index contributed by atoms with van der Waals surface area (Å²) in [5.74, 6) is 0.876. The second kappa shape index (κ2) is 9.59. The summed E-state index contributed by atoms with van der Waals surface area (Å²) in [6.07, 6.45) is 8.65. The van der Waals surface area contributed by atoms with E-state index in [9.17, 15) is 4.79 Å². The van der Waals surface area contributed by atoms with E-state index >= 15 is 0 Å². The molecule has 0 aromatic carbocycles. The van der Waals surface area contributed by atoms with Gasteiger partial charge in [0.1, 0.15) is 0 Å². The Morgan fingerprint density at radius 1 is 1.30 bits per heavy atom. The molecule has 1 aliphatic carbocycles. The minimum Gasteiger partial charge on any atom is -0.378 e. The third-order valence-electron chi connectivity index (χ3n) is 4.41. The molecule has 1 heterocycles. The first-order valence-electron chi connectivity index (χ1n) is 7.94. The summed E-state index contributed by atoms with van der Waals surface area (Å²) in [5.41, 5.74) is 0. The van der Waals surface area contributed by atoms with Gasteiger partial charge >= 0.3 is 0 Å². The van der Waals surface area contributed by atoms with E-state index < -0.39 is 0 Å². The lowest BCUT2D eigenvalue weighted by atomic mass is 9.98. The van der Waals surface area contributed by atoms with Gasteiger partial charge in [0.15, 0.2) is 0 Å². The first kappa shape index (κ1) is 17.7. The summed E-state index contributed by atoms with van der Waals surface area (Å²) in [7, 11) is 0. The Morgan fingerprint density at radius 2 is 2.05 bits per heavy atom. The molecule has 2 rings (SSSR count). The second-order valence-corrected chi connectivity index (χ2v) is 5.77. The summed E-state index contributed by atoms with van der Waals surface area (Å²) in [5, 5.41) is 6.29. The predicted octanol–water partition coefficient (Wildman–Crippen LogP) is 2.26. The van der Waals surface area contributed by atoms with Crippen LogP contribution in [0.1, 0.15) is 51.9 Å². The van der Waals surface area contributed by atoms with Gasteiger partial charge in [-0.1, -0.05) is 12.8 Å². The molecule has 0 aromatic heterocycles. The van der Waals surface area contributed by atoms with Crippen LogP contribution in [0.25, 0.3) is 0 Å². The largest absolute Gasteiger partial charge is 0.378 e. The minimum atomic E-state index is 0. The van der Waals surface area contributed by atoms with E-state index in [2.05, 4.69) is 17.6 Å². The maximum atomic E-state index is 11.9. The first-order valence-corrected chi connectivity index (χ1v) is 7.94. The highest BCUT2D eigenvalue weighted by atomic mass is 35.5. The van der Waals surface area contributed by atoms with Gasteiger partial charge in [-0.05, 0) is 51.5 Å². The van der Waals surface area contributed by atoms with E-state index in [1.54, 1.807) is 0 Å². The summed E-state index contributed by atoms with van der Waals surface area (Å²) in [4.78, 5) is 11.9. The lowest BCUT2D eigenvalue weighted by Crippen LogP contribution is -2.41. The van der Waals surface area contributed by atoms with Crippen molar-refractivity contribution < 1.29 is 9.53 Å². The molecule has 0 spiro atoms. The van der Waals surface area contributed by atoms with Crippen molar-refractivity contribution >= 4 is 18.3 Å². The van der Waals surface area contributed by atoms with Crippen molar-refractivity contribution in [3.8, 4) is 0 Å². The Hall–Kier alpha value is -0.320. The number of ether oxygens (including phenoxy) is 1. The molecule has 5 heteroatoms. The average Bonchev–Trinajstić information content (AvgIpc) is 3.10. The SMILES string of the molecule is CCOC(CCNC(=O)C1CCCN1)C1CCCC1.Cl. The van der Waals surface area contributed by atoms with E-state index in [0.29, 0.717) is 12.0 Å². The van der Waals surface area contributed by atoms with Crippen LogP contribution in [0.5, 0.6) is 0 Å². The van der Waals surface area contributed by atoms with Gasteiger partial charge in [0.25, 0.3) is 0 Å². The number of hydrogen-bond donors (Lipinski definition) is 2. The molecule has 20 heavy (non-hydrogen) atoms. The van der Waals surface area contributed by atoms with Crippen molar-refractivity contribution in [1.29, 1.82) is 0 Å². The van der Waals surface area contributed by atoms with Crippen LogP contribution in [0, 0.1) is 5.92 Å². The Bertz CT molecular complexity index is 277. The lowest BCUT2D eigenvalue weighted by Gasteiger charge is -2.23. The number of rotatable bonds is 7. The van der Waals surface area contributed by atoms with Crippen LogP contribution in [0.15, 0.2) is 0 Å².